The molecule has 0 saturated heterocycles. The summed E-state index contributed by atoms with van der Waals surface area (Å²) in [6.07, 6.45) is 1.64. The molecule has 2 aromatic heterocycles. The van der Waals surface area contributed by atoms with Crippen molar-refractivity contribution in [3.8, 4) is 5.82 Å². The Kier molecular flexibility index (Phi) is 6.23. The number of hydrogen-bond donors (Lipinski definition) is 2. The van der Waals surface area contributed by atoms with Gasteiger partial charge in [0.1, 0.15) is 12.1 Å². The van der Waals surface area contributed by atoms with Gasteiger partial charge in [0, 0.05) is 18.8 Å². The fourth-order valence-electron chi connectivity index (χ4n) is 3.45. The Balaban J connectivity index is 1.46. The van der Waals surface area contributed by atoms with Crippen LogP contribution in [0.3, 0.4) is 0 Å². The highest BCUT2D eigenvalue weighted by atomic mass is 19.4. The second kappa shape index (κ2) is 9.10. The van der Waals surface area contributed by atoms with Gasteiger partial charge >= 0.3 is 6.18 Å². The zero-order chi connectivity index (χ0) is 23.6. The van der Waals surface area contributed by atoms with Gasteiger partial charge in [-0.25, -0.2) is 18.7 Å². The first-order valence-corrected chi connectivity index (χ1v) is 9.97. The number of pyridine rings is 1. The first kappa shape index (κ1) is 22.6. The molecule has 0 aliphatic carbocycles. The van der Waals surface area contributed by atoms with E-state index in [9.17, 15) is 26.7 Å². The molecule has 4 rings (SSSR count). The molecule has 1 aliphatic rings. The Bertz CT molecular complexity index is 1220. The van der Waals surface area contributed by atoms with Gasteiger partial charge in [-0.2, -0.15) is 13.2 Å². The second-order valence-electron chi connectivity index (χ2n) is 7.39. The molecule has 33 heavy (non-hydrogen) atoms. The Hall–Kier alpha value is -3.60. The average Bonchev–Trinajstić information content (AvgIpc) is 3.25. The Labute approximate surface area is 185 Å². The van der Waals surface area contributed by atoms with Gasteiger partial charge in [-0.1, -0.05) is 18.2 Å². The highest BCUT2D eigenvalue weighted by Gasteiger charge is 2.35. The van der Waals surface area contributed by atoms with Crippen LogP contribution in [-0.4, -0.2) is 33.5 Å². The summed E-state index contributed by atoms with van der Waals surface area (Å²) in [6, 6.07) is 3.71. The number of halogens is 5. The molecule has 172 valence electrons. The van der Waals surface area contributed by atoms with Crippen molar-refractivity contribution in [3.05, 3.63) is 77.5 Å². The molecule has 3 aromatic rings. The first-order valence-electron chi connectivity index (χ1n) is 9.97. The molecule has 0 bridgehead atoms. The summed E-state index contributed by atoms with van der Waals surface area (Å²) in [5.41, 5.74) is -0.225. The van der Waals surface area contributed by atoms with Gasteiger partial charge in [0.25, 0.3) is 0 Å². The van der Waals surface area contributed by atoms with Gasteiger partial charge in [0.15, 0.2) is 11.6 Å². The third-order valence-corrected chi connectivity index (χ3v) is 5.02. The number of alkyl halides is 3. The number of rotatable bonds is 5. The molecule has 0 radical (unpaired) electrons. The molecule has 6 nitrogen and oxygen atoms in total. The van der Waals surface area contributed by atoms with Crippen LogP contribution in [0.5, 0.6) is 0 Å². The maximum Gasteiger partial charge on any atom is 0.419 e. The standard InChI is InChI=1S/C22H18F5N5O/c23-17-8-15(31-19(33)7-13-3-1-5-16(20(13)24)22(25,26)27)10-29-21(17)32-11-18(30-12-32)14-4-2-6-28-9-14/h1,3-5,8,10-12,28H,2,6-7,9H2,(H,31,33). The minimum atomic E-state index is -4.88. The van der Waals surface area contributed by atoms with Crippen molar-refractivity contribution >= 4 is 17.2 Å². The van der Waals surface area contributed by atoms with Crippen LogP contribution in [0.1, 0.15) is 23.2 Å². The second-order valence-corrected chi connectivity index (χ2v) is 7.39. The minimum Gasteiger partial charge on any atom is -0.324 e. The fourth-order valence-corrected chi connectivity index (χ4v) is 3.45. The third-order valence-electron chi connectivity index (χ3n) is 5.02. The molecule has 0 atom stereocenters. The Morgan fingerprint density at radius 1 is 1.21 bits per heavy atom. The molecular weight excluding hydrogens is 445 g/mol. The van der Waals surface area contributed by atoms with Crippen LogP contribution >= 0.6 is 0 Å². The van der Waals surface area contributed by atoms with Gasteiger partial charge in [0.2, 0.25) is 5.91 Å². The number of amides is 1. The lowest BCUT2D eigenvalue weighted by Gasteiger charge is -2.12. The van der Waals surface area contributed by atoms with Crippen LogP contribution in [-0.2, 0) is 17.4 Å². The molecule has 1 amide bonds. The van der Waals surface area contributed by atoms with Crippen molar-refractivity contribution < 1.29 is 26.7 Å². The Morgan fingerprint density at radius 2 is 2.03 bits per heavy atom. The summed E-state index contributed by atoms with van der Waals surface area (Å²) in [7, 11) is 0. The van der Waals surface area contributed by atoms with E-state index in [2.05, 4.69) is 26.7 Å². The number of nitrogens with one attached hydrogen (secondary N) is 2. The van der Waals surface area contributed by atoms with Crippen LogP contribution in [0.25, 0.3) is 11.4 Å². The van der Waals surface area contributed by atoms with E-state index in [0.717, 1.165) is 36.7 Å². The van der Waals surface area contributed by atoms with Crippen LogP contribution in [0.15, 0.2) is 49.1 Å². The third kappa shape index (κ3) is 5.08. The number of benzene rings is 1. The zero-order valence-corrected chi connectivity index (χ0v) is 17.1. The molecule has 11 heteroatoms. The molecular formula is C22H18F5N5O. The van der Waals surface area contributed by atoms with Gasteiger partial charge < -0.3 is 10.6 Å². The SMILES string of the molecule is O=C(Cc1cccc(C(F)(F)F)c1F)Nc1cnc(-n2cnc(C3=CCCNC3)c2)c(F)c1. The van der Waals surface area contributed by atoms with E-state index in [1.54, 1.807) is 6.20 Å². The summed E-state index contributed by atoms with van der Waals surface area (Å²) < 4.78 is 68.7. The number of imidazole rings is 1. The largest absolute Gasteiger partial charge is 0.419 e. The topological polar surface area (TPSA) is 71.8 Å². The first-order chi connectivity index (χ1) is 15.7. The van der Waals surface area contributed by atoms with Crippen molar-refractivity contribution in [1.29, 1.82) is 0 Å². The van der Waals surface area contributed by atoms with Gasteiger partial charge in [-0.15, -0.1) is 0 Å². The normalized spacial score (nSPS) is 14.2. The lowest BCUT2D eigenvalue weighted by molar-refractivity contribution is -0.140. The molecule has 1 aromatic carbocycles. The molecule has 3 heterocycles. The number of carbonyl (C=O) groups is 1. The van der Waals surface area contributed by atoms with Crippen molar-refractivity contribution in [1.82, 2.24) is 19.9 Å². The zero-order valence-electron chi connectivity index (χ0n) is 17.1. The van der Waals surface area contributed by atoms with E-state index in [1.165, 1.54) is 17.1 Å². The monoisotopic (exact) mass is 463 g/mol. The van der Waals surface area contributed by atoms with E-state index < -0.39 is 41.3 Å². The number of carbonyl (C=O) groups excluding carboxylic acids is 1. The van der Waals surface area contributed by atoms with E-state index in [0.29, 0.717) is 18.3 Å². The minimum absolute atomic E-state index is 0.0202. The summed E-state index contributed by atoms with van der Waals surface area (Å²) >= 11 is 0. The maximum atomic E-state index is 14.6. The lowest BCUT2D eigenvalue weighted by Crippen LogP contribution is -2.21. The molecule has 0 saturated carbocycles. The maximum absolute atomic E-state index is 14.6. The van der Waals surface area contributed by atoms with E-state index >= 15 is 0 Å². The number of aromatic nitrogens is 3. The van der Waals surface area contributed by atoms with Crippen LogP contribution in [0, 0.1) is 11.6 Å². The lowest BCUT2D eigenvalue weighted by atomic mass is 10.1. The highest BCUT2D eigenvalue weighted by molar-refractivity contribution is 5.92. The summed E-state index contributed by atoms with van der Waals surface area (Å²) in [6.45, 7) is 1.54. The van der Waals surface area contributed by atoms with E-state index in [4.69, 9.17) is 0 Å². The van der Waals surface area contributed by atoms with Gasteiger partial charge in [-0.3, -0.25) is 9.36 Å². The van der Waals surface area contributed by atoms with Crippen molar-refractivity contribution in [2.75, 3.05) is 18.4 Å². The smallest absolute Gasteiger partial charge is 0.324 e. The van der Waals surface area contributed by atoms with Crippen molar-refractivity contribution in [3.63, 3.8) is 0 Å². The van der Waals surface area contributed by atoms with Gasteiger partial charge in [-0.05, 0) is 30.2 Å². The van der Waals surface area contributed by atoms with Crippen LogP contribution in [0.2, 0.25) is 0 Å². The number of hydrogen-bond acceptors (Lipinski definition) is 4. The Morgan fingerprint density at radius 3 is 2.73 bits per heavy atom. The molecule has 0 unspecified atom stereocenters. The number of anilines is 1. The van der Waals surface area contributed by atoms with Crippen LogP contribution < -0.4 is 10.6 Å². The molecule has 0 spiro atoms. The van der Waals surface area contributed by atoms with Crippen molar-refractivity contribution in [2.24, 2.45) is 0 Å². The predicted octanol–water partition coefficient (Wildman–Crippen LogP) is 4.12. The molecule has 2 N–H and O–H groups in total. The summed E-state index contributed by atoms with van der Waals surface area (Å²) in [4.78, 5) is 20.5. The summed E-state index contributed by atoms with van der Waals surface area (Å²) in [5, 5.41) is 5.54. The quantitative estimate of drug-likeness (QED) is 0.559. The summed E-state index contributed by atoms with van der Waals surface area (Å²) in [5.74, 6) is -3.12. The number of nitrogens with zero attached hydrogens (tertiary/aromatic N) is 3. The van der Waals surface area contributed by atoms with Crippen molar-refractivity contribution in [2.45, 2.75) is 19.0 Å². The fraction of sp³-hybridized carbons (Fsp3) is 0.227. The van der Waals surface area contributed by atoms with Crippen LogP contribution in [0.4, 0.5) is 27.6 Å². The molecule has 0 fully saturated rings. The molecule has 1 aliphatic heterocycles. The highest BCUT2D eigenvalue weighted by Crippen LogP contribution is 2.32. The van der Waals surface area contributed by atoms with E-state index in [1.807, 2.05) is 0 Å². The predicted molar refractivity (Wildman–Crippen MR) is 111 cm³/mol. The average molecular weight is 463 g/mol. The van der Waals surface area contributed by atoms with Gasteiger partial charge in [0.05, 0.1) is 29.6 Å². The van der Waals surface area contributed by atoms with E-state index in [-0.39, 0.29) is 11.5 Å².